The van der Waals surface area contributed by atoms with Gasteiger partial charge in [0.15, 0.2) is 0 Å². The molecular weight excluding hydrogens is 333 g/mol. The lowest BCUT2D eigenvalue weighted by molar-refractivity contribution is -0.0504. The van der Waals surface area contributed by atoms with Gasteiger partial charge >= 0.3 is 12.6 Å². The van der Waals surface area contributed by atoms with E-state index >= 15 is 0 Å². The number of esters is 1. The summed E-state index contributed by atoms with van der Waals surface area (Å²) < 4.78 is 33.7. The van der Waals surface area contributed by atoms with Crippen LogP contribution in [0.4, 0.5) is 8.78 Å². The second-order valence-corrected chi connectivity index (χ2v) is 4.17. The number of carbonyl (C=O) groups is 1. The number of rotatable bonds is 5. The first kappa shape index (κ1) is 15.2. The Balaban J connectivity index is 3.27. The maximum absolute atomic E-state index is 12.3. The zero-order valence-electron chi connectivity index (χ0n) is 9.38. The first-order valence-corrected chi connectivity index (χ1v) is 6.49. The predicted molar refractivity (Wildman–Crippen MR) is 66.7 cm³/mol. The molecule has 7 heteroatoms. The first-order chi connectivity index (χ1) is 8.49. The van der Waals surface area contributed by atoms with Gasteiger partial charge in [0.05, 0.1) is 6.61 Å². The third-order valence-electron chi connectivity index (χ3n) is 1.99. The zero-order valence-corrected chi connectivity index (χ0v) is 11.7. The van der Waals surface area contributed by atoms with Crippen LogP contribution >= 0.6 is 27.5 Å². The van der Waals surface area contributed by atoms with Crippen LogP contribution < -0.4 is 4.74 Å². The summed E-state index contributed by atoms with van der Waals surface area (Å²) in [5.41, 5.74) is 0.384. The number of benzene rings is 1. The summed E-state index contributed by atoms with van der Waals surface area (Å²) in [5.74, 6) is -1.01. The van der Waals surface area contributed by atoms with Crippen LogP contribution in [0.5, 0.6) is 5.75 Å². The molecule has 0 saturated heterocycles. The number of halogens is 4. The SMILES string of the molecule is CCOC(=O)c1c(CBr)cc(Cl)cc1OC(F)F. The number of carbonyl (C=O) groups excluding carboxylic acids is 1. The number of ether oxygens (including phenoxy) is 2. The van der Waals surface area contributed by atoms with Crippen molar-refractivity contribution in [2.45, 2.75) is 18.9 Å². The minimum absolute atomic E-state index is 0.0431. The van der Waals surface area contributed by atoms with Crippen LogP contribution in [0.2, 0.25) is 5.02 Å². The fraction of sp³-hybridized carbons (Fsp3) is 0.364. The summed E-state index contributed by atoms with van der Waals surface area (Å²) in [6.45, 7) is -1.29. The maximum atomic E-state index is 12.3. The Kier molecular flexibility index (Phi) is 5.81. The molecule has 0 unspecified atom stereocenters. The van der Waals surface area contributed by atoms with Gasteiger partial charge in [0.2, 0.25) is 0 Å². The molecule has 1 rings (SSSR count). The standard InChI is InChI=1S/C11H10BrClF2O3/c1-2-17-10(16)9-6(5-12)3-7(13)4-8(9)18-11(14)15/h3-4,11H,2,5H2,1H3. The van der Waals surface area contributed by atoms with Crippen molar-refractivity contribution in [1.82, 2.24) is 0 Å². The fourth-order valence-corrected chi connectivity index (χ4v) is 2.04. The molecule has 100 valence electrons. The lowest BCUT2D eigenvalue weighted by atomic mass is 10.1. The van der Waals surface area contributed by atoms with Crippen LogP contribution in [0.3, 0.4) is 0 Å². The lowest BCUT2D eigenvalue weighted by Crippen LogP contribution is -2.13. The largest absolute Gasteiger partial charge is 0.462 e. The molecule has 0 bridgehead atoms. The highest BCUT2D eigenvalue weighted by Crippen LogP contribution is 2.30. The summed E-state index contributed by atoms with van der Waals surface area (Å²) in [7, 11) is 0. The molecule has 0 aromatic heterocycles. The molecule has 0 N–H and O–H groups in total. The highest BCUT2D eigenvalue weighted by Gasteiger charge is 2.21. The van der Waals surface area contributed by atoms with Crippen molar-refractivity contribution < 1.29 is 23.0 Å². The average Bonchev–Trinajstić information content (AvgIpc) is 2.27. The summed E-state index contributed by atoms with van der Waals surface area (Å²) in [6.07, 6.45) is 0. The summed E-state index contributed by atoms with van der Waals surface area (Å²) in [5, 5.41) is 0.467. The third-order valence-corrected chi connectivity index (χ3v) is 2.81. The molecule has 0 amide bonds. The number of hydrogen-bond donors (Lipinski definition) is 0. The molecule has 0 spiro atoms. The molecule has 3 nitrogen and oxygen atoms in total. The van der Waals surface area contributed by atoms with Crippen LogP contribution in [0, 0.1) is 0 Å². The second-order valence-electron chi connectivity index (χ2n) is 3.17. The topological polar surface area (TPSA) is 35.5 Å². The smallest absolute Gasteiger partial charge is 0.387 e. The van der Waals surface area contributed by atoms with Crippen LogP contribution in [-0.2, 0) is 10.1 Å². The molecule has 0 saturated carbocycles. The first-order valence-electron chi connectivity index (χ1n) is 4.99. The Morgan fingerprint density at radius 3 is 2.67 bits per heavy atom. The van der Waals surface area contributed by atoms with Crippen molar-refractivity contribution in [3.05, 3.63) is 28.3 Å². The fourth-order valence-electron chi connectivity index (χ4n) is 1.37. The number of hydrogen-bond acceptors (Lipinski definition) is 3. The summed E-state index contributed by atoms with van der Waals surface area (Å²) in [4.78, 5) is 11.7. The van der Waals surface area contributed by atoms with Crippen molar-refractivity contribution in [3.63, 3.8) is 0 Å². The van der Waals surface area contributed by atoms with E-state index in [2.05, 4.69) is 20.7 Å². The molecule has 0 radical (unpaired) electrons. The van der Waals surface area contributed by atoms with E-state index in [1.807, 2.05) is 0 Å². The molecule has 0 atom stereocenters. The van der Waals surface area contributed by atoms with Crippen molar-refractivity contribution >= 4 is 33.5 Å². The van der Waals surface area contributed by atoms with Crippen molar-refractivity contribution in [2.24, 2.45) is 0 Å². The normalized spacial score (nSPS) is 10.6. The van der Waals surface area contributed by atoms with E-state index in [0.717, 1.165) is 6.07 Å². The van der Waals surface area contributed by atoms with E-state index in [9.17, 15) is 13.6 Å². The van der Waals surface area contributed by atoms with Gasteiger partial charge < -0.3 is 9.47 Å². The Labute approximate surface area is 116 Å². The maximum Gasteiger partial charge on any atom is 0.387 e. The Hall–Kier alpha value is -0.880. The molecule has 0 aliphatic rings. The van der Waals surface area contributed by atoms with Gasteiger partial charge in [0, 0.05) is 10.4 Å². The summed E-state index contributed by atoms with van der Waals surface area (Å²) >= 11 is 8.92. The zero-order chi connectivity index (χ0) is 13.7. The Bertz CT molecular complexity index is 441. The van der Waals surface area contributed by atoms with E-state index in [0.29, 0.717) is 5.56 Å². The molecule has 0 aliphatic heterocycles. The molecule has 18 heavy (non-hydrogen) atoms. The van der Waals surface area contributed by atoms with Gasteiger partial charge in [-0.2, -0.15) is 8.78 Å². The van der Waals surface area contributed by atoms with Gasteiger partial charge in [-0.05, 0) is 24.6 Å². The third kappa shape index (κ3) is 3.81. The molecule has 0 heterocycles. The highest BCUT2D eigenvalue weighted by molar-refractivity contribution is 9.08. The molecular formula is C11H10BrClF2O3. The van der Waals surface area contributed by atoms with Gasteiger partial charge in [0.25, 0.3) is 0 Å². The quantitative estimate of drug-likeness (QED) is 0.598. The molecule has 1 aromatic carbocycles. The Morgan fingerprint density at radius 1 is 1.50 bits per heavy atom. The molecule has 0 aliphatic carbocycles. The highest BCUT2D eigenvalue weighted by atomic mass is 79.9. The van der Waals surface area contributed by atoms with Crippen LogP contribution in [0.1, 0.15) is 22.8 Å². The van der Waals surface area contributed by atoms with Crippen molar-refractivity contribution in [1.29, 1.82) is 0 Å². The van der Waals surface area contributed by atoms with E-state index < -0.39 is 12.6 Å². The molecule has 1 aromatic rings. The van der Waals surface area contributed by atoms with Gasteiger partial charge in [-0.25, -0.2) is 4.79 Å². The van der Waals surface area contributed by atoms with Gasteiger partial charge in [-0.15, -0.1) is 0 Å². The van der Waals surface area contributed by atoms with Crippen LogP contribution in [0.15, 0.2) is 12.1 Å². The minimum Gasteiger partial charge on any atom is -0.462 e. The average molecular weight is 344 g/mol. The molecule has 0 fully saturated rings. The monoisotopic (exact) mass is 342 g/mol. The van der Waals surface area contributed by atoms with Crippen molar-refractivity contribution in [2.75, 3.05) is 6.61 Å². The number of alkyl halides is 3. The van der Waals surface area contributed by atoms with E-state index in [-0.39, 0.29) is 28.3 Å². The summed E-state index contributed by atoms with van der Waals surface area (Å²) in [6, 6.07) is 2.65. The minimum atomic E-state index is -3.04. The Morgan fingerprint density at radius 2 is 2.17 bits per heavy atom. The van der Waals surface area contributed by atoms with E-state index in [1.54, 1.807) is 6.92 Å². The van der Waals surface area contributed by atoms with Gasteiger partial charge in [0.1, 0.15) is 11.3 Å². The van der Waals surface area contributed by atoms with E-state index in [1.165, 1.54) is 6.07 Å². The predicted octanol–water partition coefficient (Wildman–Crippen LogP) is 4.01. The van der Waals surface area contributed by atoms with Crippen LogP contribution in [0.25, 0.3) is 0 Å². The van der Waals surface area contributed by atoms with Crippen LogP contribution in [-0.4, -0.2) is 19.2 Å². The van der Waals surface area contributed by atoms with Gasteiger partial charge in [-0.3, -0.25) is 0 Å². The van der Waals surface area contributed by atoms with E-state index in [4.69, 9.17) is 16.3 Å². The lowest BCUT2D eigenvalue weighted by Gasteiger charge is -2.13. The second kappa shape index (κ2) is 6.89. The van der Waals surface area contributed by atoms with Gasteiger partial charge in [-0.1, -0.05) is 27.5 Å². The van der Waals surface area contributed by atoms with Crippen molar-refractivity contribution in [3.8, 4) is 5.75 Å².